The van der Waals surface area contributed by atoms with Crippen molar-refractivity contribution < 1.29 is 13.5 Å². The summed E-state index contributed by atoms with van der Waals surface area (Å²) in [5.74, 6) is 0.473. The maximum Gasteiger partial charge on any atom is 0.151 e. The fraction of sp³-hybridized carbons (Fsp3) is 1.00. The van der Waals surface area contributed by atoms with E-state index in [1.54, 1.807) is 0 Å². The van der Waals surface area contributed by atoms with Gasteiger partial charge in [-0.05, 0) is 19.4 Å². The van der Waals surface area contributed by atoms with Gasteiger partial charge in [-0.1, -0.05) is 6.92 Å². The van der Waals surface area contributed by atoms with Crippen molar-refractivity contribution in [1.29, 1.82) is 0 Å². The summed E-state index contributed by atoms with van der Waals surface area (Å²) in [5.41, 5.74) is 0. The molecule has 0 aliphatic heterocycles. The first kappa shape index (κ1) is 12.9. The second-order valence-electron chi connectivity index (χ2n) is 2.98. The van der Waals surface area contributed by atoms with Crippen LogP contribution in [-0.4, -0.2) is 44.7 Å². The van der Waals surface area contributed by atoms with Gasteiger partial charge in [-0.3, -0.25) is 0 Å². The molecule has 80 valence electrons. The highest BCUT2D eigenvalue weighted by atomic mass is 32.2. The molecular formula is C8H19NO3S. The zero-order valence-corrected chi connectivity index (χ0v) is 8.94. The summed E-state index contributed by atoms with van der Waals surface area (Å²) in [6, 6.07) is 0. The predicted octanol–water partition coefficient (Wildman–Crippen LogP) is -0.217. The molecule has 0 fully saturated rings. The minimum absolute atomic E-state index is 0.148. The van der Waals surface area contributed by atoms with Crippen LogP contribution in [0.2, 0.25) is 0 Å². The van der Waals surface area contributed by atoms with E-state index < -0.39 is 9.84 Å². The molecule has 0 aliphatic carbocycles. The monoisotopic (exact) mass is 209 g/mol. The molecule has 0 aromatic carbocycles. The van der Waals surface area contributed by atoms with E-state index in [1.165, 1.54) is 0 Å². The lowest BCUT2D eigenvalue weighted by Gasteiger charge is -2.03. The van der Waals surface area contributed by atoms with E-state index >= 15 is 0 Å². The van der Waals surface area contributed by atoms with Crippen molar-refractivity contribution >= 4 is 9.84 Å². The van der Waals surface area contributed by atoms with Crippen molar-refractivity contribution in [3.8, 4) is 0 Å². The van der Waals surface area contributed by atoms with E-state index in [9.17, 15) is 8.42 Å². The molecule has 0 aromatic rings. The molecule has 0 aliphatic rings. The number of sulfone groups is 1. The Hall–Kier alpha value is -0.130. The molecular weight excluding hydrogens is 190 g/mol. The van der Waals surface area contributed by atoms with Crippen LogP contribution >= 0.6 is 0 Å². The Morgan fingerprint density at radius 2 is 1.92 bits per heavy atom. The predicted molar refractivity (Wildman–Crippen MR) is 53.5 cm³/mol. The molecule has 0 spiro atoms. The van der Waals surface area contributed by atoms with Gasteiger partial charge in [-0.25, -0.2) is 8.42 Å². The normalized spacial score (nSPS) is 11.8. The summed E-state index contributed by atoms with van der Waals surface area (Å²) in [5, 5.41) is 11.4. The summed E-state index contributed by atoms with van der Waals surface area (Å²) in [4.78, 5) is 0. The van der Waals surface area contributed by atoms with Crippen LogP contribution in [0.15, 0.2) is 0 Å². The van der Waals surface area contributed by atoms with Gasteiger partial charge in [0.1, 0.15) is 0 Å². The van der Waals surface area contributed by atoms with Crippen LogP contribution in [0.3, 0.4) is 0 Å². The van der Waals surface area contributed by atoms with Crippen LogP contribution < -0.4 is 5.32 Å². The average molecular weight is 209 g/mol. The molecule has 0 atom stereocenters. The zero-order valence-electron chi connectivity index (χ0n) is 8.12. The molecule has 0 unspecified atom stereocenters. The number of aliphatic hydroxyl groups is 1. The fourth-order valence-corrected chi connectivity index (χ4v) is 2.25. The lowest BCUT2D eigenvalue weighted by Crippen LogP contribution is -2.25. The molecule has 0 aromatic heterocycles. The number of aliphatic hydroxyl groups excluding tert-OH is 1. The first-order valence-electron chi connectivity index (χ1n) is 4.64. The zero-order chi connectivity index (χ0) is 10.2. The van der Waals surface area contributed by atoms with Crippen molar-refractivity contribution in [3.63, 3.8) is 0 Å². The van der Waals surface area contributed by atoms with Crippen molar-refractivity contribution in [2.45, 2.75) is 19.8 Å². The van der Waals surface area contributed by atoms with Crippen molar-refractivity contribution in [1.82, 2.24) is 5.32 Å². The highest BCUT2D eigenvalue weighted by molar-refractivity contribution is 7.91. The SMILES string of the molecule is CCCS(=O)(=O)CCNCCCO. The van der Waals surface area contributed by atoms with Gasteiger partial charge in [0.15, 0.2) is 9.84 Å². The maximum atomic E-state index is 11.2. The second-order valence-corrected chi connectivity index (χ2v) is 5.28. The van der Waals surface area contributed by atoms with Crippen LogP contribution in [0, 0.1) is 0 Å². The van der Waals surface area contributed by atoms with Crippen LogP contribution in [0.25, 0.3) is 0 Å². The molecule has 0 amide bonds. The van der Waals surface area contributed by atoms with E-state index in [1.807, 2.05) is 6.92 Å². The fourth-order valence-electron chi connectivity index (χ4n) is 0.970. The molecule has 13 heavy (non-hydrogen) atoms. The minimum Gasteiger partial charge on any atom is -0.396 e. The average Bonchev–Trinajstić information content (AvgIpc) is 2.04. The Morgan fingerprint density at radius 1 is 1.23 bits per heavy atom. The van der Waals surface area contributed by atoms with Gasteiger partial charge in [0.25, 0.3) is 0 Å². The van der Waals surface area contributed by atoms with E-state index in [0.717, 1.165) is 0 Å². The lowest BCUT2D eigenvalue weighted by molar-refractivity contribution is 0.286. The summed E-state index contributed by atoms with van der Waals surface area (Å²) in [6.07, 6.45) is 1.35. The van der Waals surface area contributed by atoms with Crippen molar-refractivity contribution in [2.75, 3.05) is 31.2 Å². The Morgan fingerprint density at radius 3 is 2.46 bits per heavy atom. The summed E-state index contributed by atoms with van der Waals surface area (Å²) in [7, 11) is -2.84. The molecule has 0 saturated carbocycles. The molecule has 2 N–H and O–H groups in total. The molecule has 0 saturated heterocycles. The van der Waals surface area contributed by atoms with E-state index in [2.05, 4.69) is 5.32 Å². The highest BCUT2D eigenvalue weighted by Crippen LogP contribution is 1.91. The van der Waals surface area contributed by atoms with Crippen LogP contribution in [0.1, 0.15) is 19.8 Å². The van der Waals surface area contributed by atoms with Crippen LogP contribution in [-0.2, 0) is 9.84 Å². The number of hydrogen-bond donors (Lipinski definition) is 2. The Bertz CT molecular complexity index is 201. The number of rotatable bonds is 8. The van der Waals surface area contributed by atoms with E-state index in [0.29, 0.717) is 25.9 Å². The quantitative estimate of drug-likeness (QED) is 0.543. The summed E-state index contributed by atoms with van der Waals surface area (Å²) >= 11 is 0. The Labute approximate surface area is 80.3 Å². The van der Waals surface area contributed by atoms with Gasteiger partial charge in [0, 0.05) is 18.9 Å². The third kappa shape index (κ3) is 8.21. The smallest absolute Gasteiger partial charge is 0.151 e. The minimum atomic E-state index is -2.84. The number of nitrogens with one attached hydrogen (secondary N) is 1. The molecule has 0 rings (SSSR count). The van der Waals surface area contributed by atoms with Gasteiger partial charge in [0.2, 0.25) is 0 Å². The van der Waals surface area contributed by atoms with Gasteiger partial charge in [0.05, 0.1) is 5.75 Å². The summed E-state index contributed by atoms with van der Waals surface area (Å²) < 4.78 is 22.3. The molecule has 5 heteroatoms. The third-order valence-electron chi connectivity index (χ3n) is 1.62. The molecule has 0 bridgehead atoms. The van der Waals surface area contributed by atoms with Gasteiger partial charge >= 0.3 is 0 Å². The Kier molecular flexibility index (Phi) is 7.22. The van der Waals surface area contributed by atoms with Crippen molar-refractivity contribution in [3.05, 3.63) is 0 Å². The van der Waals surface area contributed by atoms with E-state index in [4.69, 9.17) is 5.11 Å². The maximum absolute atomic E-state index is 11.2. The molecule has 4 nitrogen and oxygen atoms in total. The van der Waals surface area contributed by atoms with Gasteiger partial charge in [-0.15, -0.1) is 0 Å². The molecule has 0 heterocycles. The van der Waals surface area contributed by atoms with E-state index in [-0.39, 0.29) is 18.1 Å². The summed E-state index contributed by atoms with van der Waals surface area (Å²) in [6.45, 7) is 3.17. The van der Waals surface area contributed by atoms with Gasteiger partial charge in [-0.2, -0.15) is 0 Å². The Balaban J connectivity index is 3.41. The largest absolute Gasteiger partial charge is 0.396 e. The second kappa shape index (κ2) is 7.29. The topological polar surface area (TPSA) is 66.4 Å². The highest BCUT2D eigenvalue weighted by Gasteiger charge is 2.07. The number of hydrogen-bond acceptors (Lipinski definition) is 4. The first-order chi connectivity index (χ1) is 6.12. The lowest BCUT2D eigenvalue weighted by atomic mass is 10.4. The van der Waals surface area contributed by atoms with Crippen LogP contribution in [0.5, 0.6) is 0 Å². The van der Waals surface area contributed by atoms with Gasteiger partial charge < -0.3 is 10.4 Å². The molecule has 0 radical (unpaired) electrons. The third-order valence-corrected chi connectivity index (χ3v) is 3.47. The van der Waals surface area contributed by atoms with Crippen LogP contribution in [0.4, 0.5) is 0 Å². The first-order valence-corrected chi connectivity index (χ1v) is 6.46. The van der Waals surface area contributed by atoms with Crippen molar-refractivity contribution in [2.24, 2.45) is 0 Å². The standard InChI is InChI=1S/C8H19NO3S/c1-2-7-13(11,12)8-5-9-4-3-6-10/h9-10H,2-8H2,1H3.